The van der Waals surface area contributed by atoms with E-state index in [0.717, 1.165) is 89.3 Å². The van der Waals surface area contributed by atoms with Crippen LogP contribution >= 0.6 is 0 Å². The molecule has 0 amide bonds. The van der Waals surface area contributed by atoms with Gasteiger partial charge >= 0.3 is 21.7 Å². The molecule has 0 atom stereocenters. The van der Waals surface area contributed by atoms with Gasteiger partial charge in [0.15, 0.2) is 0 Å². The quantitative estimate of drug-likeness (QED) is 0.0861. The van der Waals surface area contributed by atoms with Gasteiger partial charge < -0.3 is 30.6 Å². The molecule has 0 N–H and O–H groups in total. The van der Waals surface area contributed by atoms with Gasteiger partial charge in [-0.2, -0.15) is 28.2 Å². The molecule has 0 aliphatic rings. The van der Waals surface area contributed by atoms with E-state index in [1.165, 1.54) is 0 Å². The van der Waals surface area contributed by atoms with Crippen molar-refractivity contribution in [2.45, 2.75) is 69.2 Å². The van der Waals surface area contributed by atoms with Crippen molar-refractivity contribution in [2.75, 3.05) is 66.2 Å². The minimum Gasteiger partial charge on any atom is -0.858 e. The molecule has 0 heterocycles. The smallest absolute Gasteiger partial charge is 0.858 e. The first-order valence-corrected chi connectivity index (χ1v) is 21.6. The molecule has 65 heavy (non-hydrogen) atoms. The van der Waals surface area contributed by atoms with Crippen molar-refractivity contribution in [2.24, 2.45) is 9.98 Å². The van der Waals surface area contributed by atoms with Crippen LogP contribution in [0.15, 0.2) is 107 Å². The summed E-state index contributed by atoms with van der Waals surface area (Å²) >= 11 is 0. The summed E-state index contributed by atoms with van der Waals surface area (Å²) in [5, 5.41) is 33.4. The van der Waals surface area contributed by atoms with E-state index in [-0.39, 0.29) is 33.5 Å². The summed E-state index contributed by atoms with van der Waals surface area (Å²) < 4.78 is 0. The van der Waals surface area contributed by atoms with Crippen LogP contribution in [0.1, 0.15) is 66.8 Å². The second-order valence-electron chi connectivity index (χ2n) is 16.9. The molecule has 0 aliphatic heterocycles. The van der Waals surface area contributed by atoms with Gasteiger partial charge in [0.1, 0.15) is 0 Å². The summed E-state index contributed by atoms with van der Waals surface area (Å²) in [7, 11) is 15.2. The topological polar surface area (TPSA) is 106 Å². The molecule has 0 spiro atoms. The average molecular weight is 907 g/mol. The predicted octanol–water partition coefficient (Wildman–Crippen LogP) is 12.0. The minimum atomic E-state index is -0.188. The van der Waals surface area contributed by atoms with Crippen LogP contribution in [-0.2, 0) is 21.7 Å². The Bertz CT molecular complexity index is 2370. The Morgan fingerprint density at radius 2 is 0.646 bits per heavy atom. The largest absolute Gasteiger partial charge is 4.00 e. The van der Waals surface area contributed by atoms with Crippen molar-refractivity contribution in [3.63, 3.8) is 0 Å². The van der Waals surface area contributed by atoms with E-state index in [2.05, 4.69) is 107 Å². The second kappa shape index (κ2) is 25.8. The third-order valence-corrected chi connectivity index (χ3v) is 10.7. The van der Waals surface area contributed by atoms with Crippen LogP contribution in [0.25, 0.3) is 32.9 Å². The molecule has 340 valence electrons. The summed E-state index contributed by atoms with van der Waals surface area (Å²) in [5.41, 5.74) is 20.1. The third kappa shape index (κ3) is 14.2. The number of aliphatic imine (C=N–C) groups is 2. The summed E-state index contributed by atoms with van der Waals surface area (Å²) in [6, 6.07) is 32.7. The molecule has 6 aromatic rings. The molecule has 0 saturated carbocycles. The Kier molecular flexibility index (Phi) is 22.1. The molecular formula is C56H70N6O2Ti. The fourth-order valence-corrected chi connectivity index (χ4v) is 8.21. The van der Waals surface area contributed by atoms with Crippen LogP contribution in [-0.4, -0.2) is 68.2 Å². The van der Waals surface area contributed by atoms with E-state index < -0.39 is 0 Å². The van der Waals surface area contributed by atoms with E-state index in [9.17, 15) is 10.2 Å². The van der Waals surface area contributed by atoms with Gasteiger partial charge in [0.25, 0.3) is 0 Å². The normalized spacial score (nSPS) is 10.9. The van der Waals surface area contributed by atoms with Crippen molar-refractivity contribution in [1.82, 2.24) is 0 Å². The molecule has 0 radical (unpaired) electrons. The van der Waals surface area contributed by atoms with Gasteiger partial charge in [0.05, 0.1) is 11.4 Å². The first-order valence-electron chi connectivity index (χ1n) is 21.6. The van der Waals surface area contributed by atoms with Gasteiger partial charge in [-0.25, -0.2) is 0 Å². The van der Waals surface area contributed by atoms with Crippen LogP contribution in [0.5, 0.6) is 0 Å². The molecule has 8 nitrogen and oxygen atoms in total. The fourth-order valence-electron chi connectivity index (χ4n) is 8.21. The Morgan fingerprint density at radius 1 is 0.400 bits per heavy atom. The molecule has 0 bridgehead atoms. The van der Waals surface area contributed by atoms with Gasteiger partial charge in [-0.05, 0) is 161 Å². The number of rotatable bonds is 8. The van der Waals surface area contributed by atoms with Crippen molar-refractivity contribution >= 4 is 34.5 Å². The van der Waals surface area contributed by atoms with E-state index in [1.807, 2.05) is 118 Å². The predicted molar refractivity (Wildman–Crippen MR) is 275 cm³/mol. The van der Waals surface area contributed by atoms with Crippen LogP contribution < -0.4 is 20.0 Å². The maximum Gasteiger partial charge on any atom is 4.00 e. The zero-order valence-electron chi connectivity index (χ0n) is 42.2. The molecule has 6 aromatic carbocycles. The average Bonchev–Trinajstić information content (AvgIpc) is 3.18. The summed E-state index contributed by atoms with van der Waals surface area (Å²) in [5.74, 6) is -0.376. The Hall–Kier alpha value is -5.51. The molecule has 0 aliphatic carbocycles. The molecule has 6 rings (SSSR count). The number of anilines is 2. The third-order valence-electron chi connectivity index (χ3n) is 10.7. The van der Waals surface area contributed by atoms with Gasteiger partial charge in [-0.1, -0.05) is 83.9 Å². The van der Waals surface area contributed by atoms with E-state index >= 15 is 0 Å². The fraction of sp³-hybridized carbons (Fsp3) is 0.321. The number of aryl methyl sites for hydroxylation is 10. The van der Waals surface area contributed by atoms with Crippen LogP contribution in [0.4, 0.5) is 22.7 Å². The molecule has 0 unspecified atom stereocenters. The number of hydrogen-bond acceptors (Lipinski definition) is 6. The SMILES string of the molecule is C[N-]C.C[N-]C.Cc1cc(C)c(C([O-])=Nc2cccc(C)c2-c2c(C)cccc2N(C)C)c(C)c1.Cc1cc(C)c(C([O-])=Nc2cccc(C)c2-c2c(C)cccc2N(C)C)c(C)c1.[Ti+4]. The van der Waals surface area contributed by atoms with E-state index in [4.69, 9.17) is 0 Å². The second-order valence-corrected chi connectivity index (χ2v) is 16.9. The summed E-state index contributed by atoms with van der Waals surface area (Å²) in [6.45, 7) is 20.4. The van der Waals surface area contributed by atoms with Gasteiger partial charge in [0.2, 0.25) is 0 Å². The van der Waals surface area contributed by atoms with E-state index in [0.29, 0.717) is 22.5 Å². The monoisotopic (exact) mass is 907 g/mol. The van der Waals surface area contributed by atoms with Gasteiger partial charge in [0, 0.05) is 61.8 Å². The molecule has 0 fully saturated rings. The summed E-state index contributed by atoms with van der Waals surface area (Å²) in [6.07, 6.45) is 0. The maximum absolute atomic E-state index is 13.2. The maximum atomic E-state index is 13.2. The van der Waals surface area contributed by atoms with Crippen LogP contribution in [0, 0.1) is 69.2 Å². The first-order chi connectivity index (χ1) is 30.2. The van der Waals surface area contributed by atoms with Gasteiger partial charge in [-0.15, -0.1) is 0 Å². The number of benzene rings is 6. The van der Waals surface area contributed by atoms with Crippen LogP contribution in [0.3, 0.4) is 0 Å². The first kappa shape index (κ1) is 55.6. The van der Waals surface area contributed by atoms with Crippen molar-refractivity contribution in [1.29, 1.82) is 0 Å². The van der Waals surface area contributed by atoms with Gasteiger partial charge in [-0.3, -0.25) is 9.98 Å². The van der Waals surface area contributed by atoms with Crippen LogP contribution in [0.2, 0.25) is 0 Å². The molecular weight excluding hydrogens is 837 g/mol. The van der Waals surface area contributed by atoms with Crippen molar-refractivity contribution < 1.29 is 31.9 Å². The molecule has 0 saturated heterocycles. The summed E-state index contributed by atoms with van der Waals surface area (Å²) in [4.78, 5) is 13.4. The standard InChI is InChI=1S/2C26H30N2O.2C2H6N.Ti/c2*1-16-14-19(4)23(20(5)15-16)26(29)27-21-12-8-10-17(2)24(21)25-18(3)11-9-13-22(25)28(6)7;2*1-3-2;/h2*8-15H,1-7H3,(H,27,29);2*1-2H3;/q;;2*-1;+4/p-2. The van der Waals surface area contributed by atoms with Crippen molar-refractivity contribution in [3.8, 4) is 22.3 Å². The zero-order valence-corrected chi connectivity index (χ0v) is 43.8. The minimum absolute atomic E-state index is 0. The number of nitrogens with zero attached hydrogens (tertiary/aromatic N) is 6. The Balaban J connectivity index is 0.000000393. The van der Waals surface area contributed by atoms with Crippen molar-refractivity contribution in [3.05, 3.63) is 174 Å². The molecule has 0 aromatic heterocycles. The number of hydrogen-bond donors (Lipinski definition) is 0. The Labute approximate surface area is 406 Å². The van der Waals surface area contributed by atoms with E-state index in [1.54, 1.807) is 28.2 Å². The molecule has 9 heteroatoms. The Morgan fingerprint density at radius 3 is 0.908 bits per heavy atom. The zero-order chi connectivity index (χ0) is 48.0.